The van der Waals surface area contributed by atoms with Crippen LogP contribution in [-0.4, -0.2) is 25.1 Å². The molecular formula is C29H24N2O5S. The van der Waals surface area contributed by atoms with E-state index in [-0.39, 0.29) is 56.0 Å². The van der Waals surface area contributed by atoms with Gasteiger partial charge in [-0.15, -0.1) is 0 Å². The molecule has 1 aliphatic rings. The average Bonchev–Trinajstić information content (AvgIpc) is 2.87. The molecule has 0 heterocycles. The van der Waals surface area contributed by atoms with E-state index in [1.807, 2.05) is 13.8 Å². The van der Waals surface area contributed by atoms with Crippen LogP contribution in [0.1, 0.15) is 57.2 Å². The Morgan fingerprint density at radius 1 is 0.703 bits per heavy atom. The number of para-hydroxylation sites is 2. The highest BCUT2D eigenvalue weighted by Crippen LogP contribution is 2.40. The molecule has 37 heavy (non-hydrogen) atoms. The van der Waals surface area contributed by atoms with Crippen molar-refractivity contribution >= 4 is 38.7 Å². The zero-order valence-corrected chi connectivity index (χ0v) is 21.0. The Kier molecular flexibility index (Phi) is 6.05. The number of phenolic OH excluding ortho intramolecular Hbond substituents is 1. The maximum atomic E-state index is 13.7. The monoisotopic (exact) mass is 512 g/mol. The maximum absolute atomic E-state index is 13.7. The predicted octanol–water partition coefficient (Wildman–Crippen LogP) is 5.84. The van der Waals surface area contributed by atoms with Gasteiger partial charge in [0, 0.05) is 16.8 Å². The molecule has 0 radical (unpaired) electrons. The van der Waals surface area contributed by atoms with Gasteiger partial charge in [-0.3, -0.25) is 14.3 Å². The molecule has 1 aliphatic carbocycles. The van der Waals surface area contributed by atoms with Crippen LogP contribution in [0.4, 0.5) is 17.1 Å². The van der Waals surface area contributed by atoms with Gasteiger partial charge in [-0.25, -0.2) is 8.42 Å². The zero-order chi connectivity index (χ0) is 26.3. The van der Waals surface area contributed by atoms with Gasteiger partial charge in [-0.1, -0.05) is 62.4 Å². The largest absolute Gasteiger partial charge is 0.507 e. The fraction of sp³-hybridized carbons (Fsp3) is 0.103. The number of hydrogen-bond acceptors (Lipinski definition) is 6. The minimum absolute atomic E-state index is 0.0293. The van der Waals surface area contributed by atoms with E-state index in [1.165, 1.54) is 24.3 Å². The zero-order valence-electron chi connectivity index (χ0n) is 20.1. The molecule has 5 rings (SSSR count). The van der Waals surface area contributed by atoms with Crippen LogP contribution in [0.5, 0.6) is 5.75 Å². The molecule has 0 spiro atoms. The molecule has 0 saturated carbocycles. The molecule has 0 atom stereocenters. The summed E-state index contributed by atoms with van der Waals surface area (Å²) in [5, 5.41) is 13.5. The van der Waals surface area contributed by atoms with Crippen molar-refractivity contribution in [2.75, 3.05) is 10.0 Å². The van der Waals surface area contributed by atoms with Crippen LogP contribution in [0.25, 0.3) is 0 Å². The van der Waals surface area contributed by atoms with Crippen molar-refractivity contribution in [2.45, 2.75) is 24.7 Å². The lowest BCUT2D eigenvalue weighted by Gasteiger charge is -2.25. The summed E-state index contributed by atoms with van der Waals surface area (Å²) >= 11 is 0. The van der Waals surface area contributed by atoms with E-state index < -0.39 is 15.8 Å². The number of fused-ring (bicyclic) bond motifs is 2. The summed E-state index contributed by atoms with van der Waals surface area (Å²) < 4.78 is 29.1. The van der Waals surface area contributed by atoms with Crippen LogP contribution in [0.2, 0.25) is 0 Å². The third-order valence-electron chi connectivity index (χ3n) is 6.30. The van der Waals surface area contributed by atoms with E-state index in [0.29, 0.717) is 11.3 Å². The van der Waals surface area contributed by atoms with Crippen LogP contribution >= 0.6 is 0 Å². The number of sulfonamides is 1. The quantitative estimate of drug-likeness (QED) is 0.264. The lowest BCUT2D eigenvalue weighted by Crippen LogP contribution is -2.24. The van der Waals surface area contributed by atoms with Crippen molar-refractivity contribution in [1.29, 1.82) is 0 Å². The molecule has 8 heteroatoms. The Hall–Kier alpha value is -4.43. The van der Waals surface area contributed by atoms with Gasteiger partial charge in [0.1, 0.15) is 10.6 Å². The maximum Gasteiger partial charge on any atom is 0.263 e. The van der Waals surface area contributed by atoms with Crippen molar-refractivity contribution < 1.29 is 23.1 Å². The van der Waals surface area contributed by atoms with Crippen LogP contribution in [0.3, 0.4) is 0 Å². The molecule has 0 saturated heterocycles. The first-order valence-electron chi connectivity index (χ1n) is 11.7. The van der Waals surface area contributed by atoms with Crippen molar-refractivity contribution in [3.8, 4) is 5.75 Å². The second-order valence-electron chi connectivity index (χ2n) is 9.06. The minimum Gasteiger partial charge on any atom is -0.507 e. The van der Waals surface area contributed by atoms with E-state index in [1.54, 1.807) is 60.7 Å². The summed E-state index contributed by atoms with van der Waals surface area (Å²) in [5.74, 6) is -1.20. The number of benzene rings is 4. The lowest BCUT2D eigenvalue weighted by molar-refractivity contribution is 0.0976. The molecule has 0 unspecified atom stereocenters. The molecule has 0 bridgehead atoms. The summed E-state index contributed by atoms with van der Waals surface area (Å²) in [6.07, 6.45) is 0. The van der Waals surface area contributed by atoms with E-state index >= 15 is 0 Å². The Morgan fingerprint density at radius 3 is 2.14 bits per heavy atom. The lowest BCUT2D eigenvalue weighted by atomic mass is 9.78. The van der Waals surface area contributed by atoms with Gasteiger partial charge in [0.2, 0.25) is 0 Å². The summed E-state index contributed by atoms with van der Waals surface area (Å²) in [7, 11) is -3.99. The van der Waals surface area contributed by atoms with Crippen molar-refractivity contribution in [1.82, 2.24) is 0 Å². The first-order chi connectivity index (χ1) is 17.7. The molecule has 0 amide bonds. The topological polar surface area (TPSA) is 113 Å². The number of rotatable bonds is 6. The van der Waals surface area contributed by atoms with Crippen LogP contribution in [-0.2, 0) is 10.0 Å². The number of ketones is 2. The normalized spacial score (nSPS) is 12.7. The van der Waals surface area contributed by atoms with E-state index in [4.69, 9.17) is 0 Å². The molecule has 3 N–H and O–H groups in total. The Bertz CT molecular complexity index is 1660. The fourth-order valence-corrected chi connectivity index (χ4v) is 5.80. The third-order valence-corrected chi connectivity index (χ3v) is 7.74. The third kappa shape index (κ3) is 4.25. The fourth-order valence-electron chi connectivity index (χ4n) is 4.58. The van der Waals surface area contributed by atoms with Gasteiger partial charge in [0.05, 0.1) is 22.5 Å². The van der Waals surface area contributed by atoms with Gasteiger partial charge in [0.25, 0.3) is 10.0 Å². The Labute approximate surface area is 214 Å². The number of aromatic hydroxyl groups is 1. The van der Waals surface area contributed by atoms with E-state index in [2.05, 4.69) is 10.0 Å². The number of hydrogen-bond donors (Lipinski definition) is 3. The van der Waals surface area contributed by atoms with Crippen molar-refractivity contribution in [3.63, 3.8) is 0 Å². The highest BCUT2D eigenvalue weighted by Gasteiger charge is 2.36. The number of phenols is 1. The molecular weight excluding hydrogens is 488 g/mol. The van der Waals surface area contributed by atoms with Crippen molar-refractivity contribution in [2.24, 2.45) is 0 Å². The van der Waals surface area contributed by atoms with E-state index in [0.717, 1.165) is 0 Å². The van der Waals surface area contributed by atoms with Crippen molar-refractivity contribution in [3.05, 3.63) is 113 Å². The summed E-state index contributed by atoms with van der Waals surface area (Å²) in [5.41, 5.74) is 2.05. The Balaban J connectivity index is 1.64. The van der Waals surface area contributed by atoms with Gasteiger partial charge in [-0.05, 0) is 47.9 Å². The number of anilines is 3. The summed E-state index contributed by atoms with van der Waals surface area (Å²) in [6.45, 7) is 3.85. The van der Waals surface area contributed by atoms with Gasteiger partial charge in [-0.2, -0.15) is 0 Å². The molecule has 4 aromatic rings. The summed E-state index contributed by atoms with van der Waals surface area (Å²) in [4.78, 5) is 27.2. The highest BCUT2D eigenvalue weighted by atomic mass is 32.2. The second-order valence-corrected chi connectivity index (χ2v) is 10.7. The van der Waals surface area contributed by atoms with Crippen LogP contribution in [0.15, 0.2) is 89.8 Å². The van der Waals surface area contributed by atoms with Gasteiger partial charge in [0.15, 0.2) is 11.6 Å². The molecule has 4 aromatic carbocycles. The average molecular weight is 513 g/mol. The van der Waals surface area contributed by atoms with Crippen LogP contribution in [0, 0.1) is 0 Å². The molecule has 0 aliphatic heterocycles. The van der Waals surface area contributed by atoms with Gasteiger partial charge < -0.3 is 10.4 Å². The smallest absolute Gasteiger partial charge is 0.263 e. The molecule has 7 nitrogen and oxygen atoms in total. The Morgan fingerprint density at radius 2 is 1.41 bits per heavy atom. The number of carbonyl (C=O) groups is 2. The number of carbonyl (C=O) groups excluding carboxylic acids is 2. The highest BCUT2D eigenvalue weighted by molar-refractivity contribution is 7.92. The van der Waals surface area contributed by atoms with E-state index in [9.17, 15) is 23.1 Å². The first-order valence-corrected chi connectivity index (χ1v) is 13.2. The first kappa shape index (κ1) is 24.3. The van der Waals surface area contributed by atoms with Gasteiger partial charge >= 0.3 is 0 Å². The molecule has 186 valence electrons. The predicted molar refractivity (Wildman–Crippen MR) is 142 cm³/mol. The standard InChI is InChI=1S/C29H24N2O5S/c1-17(2)19-15-16-22(27-26(19)28(33)20-11-8-13-23(32)25(20)29(27)34)30-21-12-6-7-14-24(21)37(35,36)31-18-9-4-3-5-10-18/h3-17,30-32H,1-2H3. The summed E-state index contributed by atoms with van der Waals surface area (Å²) in [6, 6.07) is 22.7. The SMILES string of the molecule is CC(C)c1ccc(Nc2ccccc2S(=O)(=O)Nc2ccccc2)c2c1C(=O)c1cccc(O)c1C2=O. The molecule has 0 aromatic heterocycles. The number of nitrogens with one attached hydrogen (secondary N) is 2. The molecule has 0 fully saturated rings. The van der Waals surface area contributed by atoms with Crippen LogP contribution < -0.4 is 10.0 Å². The second kappa shape index (κ2) is 9.22. The minimum atomic E-state index is -3.99.